The molecule has 1 aromatic rings. The third kappa shape index (κ3) is 5.14. The molecule has 3 N–H and O–H groups in total. The van der Waals surface area contributed by atoms with Crippen molar-refractivity contribution < 1.29 is 8.42 Å². The van der Waals surface area contributed by atoms with E-state index in [1.165, 1.54) is 0 Å². The zero-order valence-corrected chi connectivity index (χ0v) is 13.8. The van der Waals surface area contributed by atoms with Crippen LogP contribution in [0.15, 0.2) is 23.1 Å². The zero-order chi connectivity index (χ0) is 16.0. The van der Waals surface area contributed by atoms with Crippen LogP contribution in [0.3, 0.4) is 0 Å². The molecule has 1 unspecified atom stereocenters. The van der Waals surface area contributed by atoms with Gasteiger partial charge < -0.3 is 10.6 Å². The van der Waals surface area contributed by atoms with Crippen LogP contribution in [-0.4, -0.2) is 46.5 Å². The first kappa shape index (κ1) is 17.7. The lowest BCUT2D eigenvalue weighted by molar-refractivity contribution is 0.314. The monoisotopic (exact) mass is 309 g/mol. The van der Waals surface area contributed by atoms with E-state index in [0.29, 0.717) is 17.7 Å². The minimum Gasteiger partial charge on any atom is -0.320 e. The average molecular weight is 309 g/mol. The molecule has 0 spiro atoms. The fraction of sp³-hybridized carbons (Fsp3) is 0.467. The number of rotatable bonds is 5. The van der Waals surface area contributed by atoms with Crippen molar-refractivity contribution in [3.8, 4) is 11.8 Å². The summed E-state index contributed by atoms with van der Waals surface area (Å²) in [5, 5.41) is 0. The molecule has 0 aliphatic rings. The van der Waals surface area contributed by atoms with Gasteiger partial charge in [-0.1, -0.05) is 17.9 Å². The molecule has 5 nitrogen and oxygen atoms in total. The van der Waals surface area contributed by atoms with Gasteiger partial charge in [0.05, 0.1) is 11.4 Å². The highest BCUT2D eigenvalue weighted by molar-refractivity contribution is 7.89. The van der Waals surface area contributed by atoms with E-state index in [2.05, 4.69) is 16.6 Å². The molecule has 116 valence electrons. The van der Waals surface area contributed by atoms with Crippen molar-refractivity contribution in [3.63, 3.8) is 0 Å². The van der Waals surface area contributed by atoms with E-state index in [1.807, 2.05) is 25.9 Å². The number of hydrogen-bond donors (Lipinski definition) is 2. The highest BCUT2D eigenvalue weighted by Crippen LogP contribution is 2.16. The number of nitrogens with two attached hydrogens (primary N) is 1. The molecule has 0 fully saturated rings. The van der Waals surface area contributed by atoms with Gasteiger partial charge in [-0.2, -0.15) is 0 Å². The van der Waals surface area contributed by atoms with Gasteiger partial charge in [-0.3, -0.25) is 0 Å². The molecule has 0 aliphatic carbocycles. The van der Waals surface area contributed by atoms with Crippen LogP contribution in [0, 0.1) is 18.8 Å². The summed E-state index contributed by atoms with van der Waals surface area (Å²) in [5.74, 6) is 5.58. The molecule has 1 aromatic carbocycles. The summed E-state index contributed by atoms with van der Waals surface area (Å²) < 4.78 is 27.4. The van der Waals surface area contributed by atoms with E-state index in [4.69, 9.17) is 5.73 Å². The van der Waals surface area contributed by atoms with Crippen LogP contribution in [0.5, 0.6) is 0 Å². The van der Waals surface area contributed by atoms with Gasteiger partial charge in [-0.15, -0.1) is 0 Å². The number of hydrogen-bond acceptors (Lipinski definition) is 4. The fourth-order valence-electron chi connectivity index (χ4n) is 1.61. The summed E-state index contributed by atoms with van der Waals surface area (Å²) in [6.07, 6.45) is 0. The van der Waals surface area contributed by atoms with Crippen molar-refractivity contribution in [3.05, 3.63) is 29.3 Å². The zero-order valence-electron chi connectivity index (χ0n) is 13.0. The molecular formula is C15H23N3O2S. The second-order valence-electron chi connectivity index (χ2n) is 5.15. The van der Waals surface area contributed by atoms with Crippen molar-refractivity contribution in [1.29, 1.82) is 0 Å². The van der Waals surface area contributed by atoms with Gasteiger partial charge in [0.1, 0.15) is 0 Å². The molecule has 21 heavy (non-hydrogen) atoms. The highest BCUT2D eigenvalue weighted by atomic mass is 32.2. The highest BCUT2D eigenvalue weighted by Gasteiger charge is 2.18. The number of nitrogens with one attached hydrogen (secondary N) is 1. The molecule has 0 amide bonds. The molecule has 0 aliphatic heterocycles. The molecule has 6 heteroatoms. The molecule has 0 heterocycles. The van der Waals surface area contributed by atoms with E-state index in [-0.39, 0.29) is 17.5 Å². The lowest BCUT2D eigenvalue weighted by atomic mass is 10.1. The summed E-state index contributed by atoms with van der Waals surface area (Å²) in [6, 6.07) is 5.24. The van der Waals surface area contributed by atoms with Gasteiger partial charge in [0, 0.05) is 18.2 Å². The van der Waals surface area contributed by atoms with Crippen LogP contribution in [0.25, 0.3) is 0 Å². The number of likely N-dealkylation sites (N-methyl/N-ethyl adjacent to an activating group) is 1. The maximum Gasteiger partial charge on any atom is 0.240 e. The van der Waals surface area contributed by atoms with Crippen LogP contribution < -0.4 is 10.5 Å². The molecule has 0 saturated heterocycles. The van der Waals surface area contributed by atoms with E-state index in [9.17, 15) is 8.42 Å². The predicted octanol–water partition coefficient (Wildman–Crippen LogP) is 0.534. The number of benzene rings is 1. The summed E-state index contributed by atoms with van der Waals surface area (Å²) in [5.41, 5.74) is 6.67. The Balaban J connectivity index is 3.02. The molecule has 0 radical (unpaired) electrons. The maximum absolute atomic E-state index is 12.4. The molecular weight excluding hydrogens is 286 g/mol. The van der Waals surface area contributed by atoms with Gasteiger partial charge in [-0.05, 0) is 45.6 Å². The van der Waals surface area contributed by atoms with E-state index < -0.39 is 10.0 Å². The van der Waals surface area contributed by atoms with Gasteiger partial charge in [0.25, 0.3) is 0 Å². The topological polar surface area (TPSA) is 75.4 Å². The Bertz CT molecular complexity index is 643. The Labute approximate surface area is 127 Å². The largest absolute Gasteiger partial charge is 0.320 e. The van der Waals surface area contributed by atoms with Crippen LogP contribution in [0.1, 0.15) is 18.1 Å². The first-order valence-corrected chi connectivity index (χ1v) is 8.22. The lowest BCUT2D eigenvalue weighted by Crippen LogP contribution is -2.38. The number of nitrogens with zero attached hydrogens (tertiary/aromatic N) is 1. The van der Waals surface area contributed by atoms with E-state index in [0.717, 1.165) is 0 Å². The van der Waals surface area contributed by atoms with Crippen LogP contribution in [0.2, 0.25) is 0 Å². The van der Waals surface area contributed by atoms with Crippen molar-refractivity contribution in [2.24, 2.45) is 5.73 Å². The Morgan fingerprint density at radius 1 is 1.38 bits per heavy atom. The Kier molecular flexibility index (Phi) is 6.37. The maximum atomic E-state index is 12.4. The van der Waals surface area contributed by atoms with Crippen molar-refractivity contribution >= 4 is 10.0 Å². The summed E-state index contributed by atoms with van der Waals surface area (Å²) in [6.45, 7) is 4.32. The van der Waals surface area contributed by atoms with Gasteiger partial charge in [0.15, 0.2) is 0 Å². The number of sulfonamides is 1. The molecule has 1 atom stereocenters. The SMILES string of the molecule is Cc1ccc(C#CCN)cc1S(=O)(=O)NCC(C)N(C)C. The third-order valence-electron chi connectivity index (χ3n) is 3.26. The van der Waals surface area contributed by atoms with E-state index in [1.54, 1.807) is 25.1 Å². The van der Waals surface area contributed by atoms with Crippen molar-refractivity contribution in [2.75, 3.05) is 27.2 Å². The van der Waals surface area contributed by atoms with Crippen molar-refractivity contribution in [1.82, 2.24) is 9.62 Å². The summed E-state index contributed by atoms with van der Waals surface area (Å²) in [7, 11) is 0.277. The Morgan fingerprint density at radius 2 is 2.05 bits per heavy atom. The average Bonchev–Trinajstić information content (AvgIpc) is 2.43. The second-order valence-corrected chi connectivity index (χ2v) is 6.89. The normalized spacial score (nSPS) is 12.9. The standard InChI is InChI=1S/C15H23N3O2S/c1-12-7-8-14(6-5-9-16)10-15(12)21(19,20)17-11-13(2)18(3)4/h7-8,10,13,17H,9,11,16H2,1-4H3. The lowest BCUT2D eigenvalue weighted by Gasteiger charge is -2.20. The third-order valence-corrected chi connectivity index (χ3v) is 4.83. The quantitative estimate of drug-likeness (QED) is 0.778. The van der Waals surface area contributed by atoms with Gasteiger partial charge >= 0.3 is 0 Å². The van der Waals surface area contributed by atoms with Crippen LogP contribution in [0.4, 0.5) is 0 Å². The molecule has 0 saturated carbocycles. The summed E-state index contributed by atoms with van der Waals surface area (Å²) >= 11 is 0. The van der Waals surface area contributed by atoms with Crippen molar-refractivity contribution in [2.45, 2.75) is 24.8 Å². The molecule has 0 bridgehead atoms. The minimum atomic E-state index is -3.54. The van der Waals surface area contributed by atoms with Crippen LogP contribution >= 0.6 is 0 Å². The predicted molar refractivity (Wildman–Crippen MR) is 85.4 cm³/mol. The molecule has 1 rings (SSSR count). The summed E-state index contributed by atoms with van der Waals surface area (Å²) in [4.78, 5) is 2.22. The first-order chi connectivity index (χ1) is 9.77. The minimum absolute atomic E-state index is 0.111. The smallest absolute Gasteiger partial charge is 0.240 e. The van der Waals surface area contributed by atoms with Gasteiger partial charge in [-0.25, -0.2) is 13.1 Å². The first-order valence-electron chi connectivity index (χ1n) is 6.73. The van der Waals surface area contributed by atoms with Gasteiger partial charge in [0.2, 0.25) is 10.0 Å². The Morgan fingerprint density at radius 3 is 2.62 bits per heavy atom. The van der Waals surface area contributed by atoms with Crippen LogP contribution in [-0.2, 0) is 10.0 Å². The Hall–Kier alpha value is -1.39. The molecule has 0 aromatic heterocycles. The number of aryl methyl sites for hydroxylation is 1. The fourth-order valence-corrected chi connectivity index (χ4v) is 3.00. The van der Waals surface area contributed by atoms with E-state index >= 15 is 0 Å². The second kappa shape index (κ2) is 7.57.